The first-order valence-corrected chi connectivity index (χ1v) is 12.5. The number of thiazole rings is 1. The maximum Gasteiger partial charge on any atom is 0.310 e. The van der Waals surface area contributed by atoms with Crippen LogP contribution in [0, 0.1) is 12.8 Å². The Morgan fingerprint density at radius 2 is 1.97 bits per heavy atom. The van der Waals surface area contributed by atoms with E-state index in [4.69, 9.17) is 22.1 Å². The van der Waals surface area contributed by atoms with E-state index in [1.54, 1.807) is 0 Å². The molecule has 0 saturated carbocycles. The molecule has 0 amide bonds. The monoisotopic (exact) mass is 497 g/mol. The van der Waals surface area contributed by atoms with Crippen LogP contribution in [0.4, 0.5) is 5.69 Å². The van der Waals surface area contributed by atoms with E-state index in [0.717, 1.165) is 41.2 Å². The van der Waals surface area contributed by atoms with Gasteiger partial charge in [0.05, 0.1) is 30.1 Å². The number of anilines is 1. The third-order valence-electron chi connectivity index (χ3n) is 6.27. The van der Waals surface area contributed by atoms with E-state index in [2.05, 4.69) is 9.88 Å². The molecule has 1 fully saturated rings. The zero-order valence-corrected chi connectivity index (χ0v) is 20.9. The van der Waals surface area contributed by atoms with Crippen LogP contribution in [0.15, 0.2) is 48.5 Å². The molecule has 4 rings (SSSR count). The van der Waals surface area contributed by atoms with Gasteiger partial charge in [0.15, 0.2) is 5.78 Å². The van der Waals surface area contributed by atoms with Gasteiger partial charge in [0.2, 0.25) is 0 Å². The molecule has 2 atom stereocenters. The molecule has 178 valence electrons. The van der Waals surface area contributed by atoms with Crippen molar-refractivity contribution in [2.45, 2.75) is 32.2 Å². The van der Waals surface area contributed by atoms with Gasteiger partial charge in [-0.15, -0.1) is 11.3 Å². The molecule has 6 nitrogen and oxygen atoms in total. The minimum absolute atomic E-state index is 0.00733. The molecule has 0 aliphatic carbocycles. The topological polar surface area (TPSA) is 85.5 Å². The van der Waals surface area contributed by atoms with E-state index < -0.39 is 6.04 Å². The van der Waals surface area contributed by atoms with Crippen molar-refractivity contribution in [3.8, 4) is 10.6 Å². The molecule has 2 N–H and O–H groups in total. The summed E-state index contributed by atoms with van der Waals surface area (Å²) in [6, 6.07) is 14.7. The minimum Gasteiger partial charge on any atom is -0.469 e. The number of ketones is 1. The second kappa shape index (κ2) is 10.7. The van der Waals surface area contributed by atoms with Gasteiger partial charge >= 0.3 is 5.97 Å². The highest BCUT2D eigenvalue weighted by Gasteiger charge is 2.32. The molecule has 0 radical (unpaired) electrons. The summed E-state index contributed by atoms with van der Waals surface area (Å²) in [4.78, 5) is 32.7. The number of ether oxygens (including phenoxy) is 1. The molecule has 1 aliphatic rings. The van der Waals surface area contributed by atoms with Crippen molar-refractivity contribution in [2.24, 2.45) is 11.7 Å². The summed E-state index contributed by atoms with van der Waals surface area (Å²) in [5.74, 6) is -0.331. The quantitative estimate of drug-likeness (QED) is 0.368. The number of methoxy groups -OCH3 is 1. The molecule has 2 aromatic carbocycles. The normalized spacial score (nSPS) is 16.8. The number of carbonyl (C=O) groups is 2. The fourth-order valence-electron chi connectivity index (χ4n) is 4.42. The Morgan fingerprint density at radius 1 is 1.24 bits per heavy atom. The van der Waals surface area contributed by atoms with E-state index in [-0.39, 0.29) is 24.1 Å². The second-order valence-corrected chi connectivity index (χ2v) is 10.00. The molecular weight excluding hydrogens is 470 g/mol. The molecule has 2 heterocycles. The predicted molar refractivity (Wildman–Crippen MR) is 137 cm³/mol. The highest BCUT2D eigenvalue weighted by atomic mass is 35.5. The lowest BCUT2D eigenvalue weighted by Crippen LogP contribution is -2.47. The zero-order valence-electron chi connectivity index (χ0n) is 19.3. The van der Waals surface area contributed by atoms with Crippen LogP contribution in [0.2, 0.25) is 5.02 Å². The van der Waals surface area contributed by atoms with Gasteiger partial charge in [-0.1, -0.05) is 41.9 Å². The first-order valence-electron chi connectivity index (χ1n) is 11.3. The van der Waals surface area contributed by atoms with Crippen molar-refractivity contribution in [1.29, 1.82) is 0 Å². The Morgan fingerprint density at radius 3 is 2.71 bits per heavy atom. The number of carbonyl (C=O) groups excluding carboxylic acids is 2. The average molecular weight is 498 g/mol. The highest BCUT2D eigenvalue weighted by molar-refractivity contribution is 7.17. The van der Waals surface area contributed by atoms with Crippen molar-refractivity contribution in [2.75, 3.05) is 25.1 Å². The molecule has 1 saturated heterocycles. The molecule has 34 heavy (non-hydrogen) atoms. The van der Waals surface area contributed by atoms with Crippen LogP contribution in [0.25, 0.3) is 10.6 Å². The van der Waals surface area contributed by atoms with Gasteiger partial charge < -0.3 is 15.4 Å². The maximum absolute atomic E-state index is 13.4. The third kappa shape index (κ3) is 5.32. The number of halogens is 1. The number of hydrogen-bond donors (Lipinski definition) is 1. The molecule has 1 aromatic heterocycles. The summed E-state index contributed by atoms with van der Waals surface area (Å²) in [6.45, 7) is 3.37. The first-order chi connectivity index (χ1) is 16.4. The first kappa shape index (κ1) is 24.4. The van der Waals surface area contributed by atoms with Crippen molar-refractivity contribution in [3.05, 3.63) is 69.7 Å². The lowest BCUT2D eigenvalue weighted by atomic mass is 9.87. The fraction of sp³-hybridized carbons (Fsp3) is 0.346. The summed E-state index contributed by atoms with van der Waals surface area (Å²) in [7, 11) is 1.40. The molecule has 3 aromatic rings. The average Bonchev–Trinajstić information content (AvgIpc) is 3.25. The number of aromatic nitrogens is 1. The van der Waals surface area contributed by atoms with E-state index >= 15 is 0 Å². The summed E-state index contributed by atoms with van der Waals surface area (Å²) >= 11 is 7.38. The Labute approximate surface area is 208 Å². The molecular formula is C26H28ClN3O3S. The number of rotatable bonds is 7. The number of nitrogens with zero attached hydrogens (tertiary/aromatic N) is 2. The van der Waals surface area contributed by atoms with Crippen LogP contribution >= 0.6 is 22.9 Å². The lowest BCUT2D eigenvalue weighted by Gasteiger charge is -2.37. The van der Waals surface area contributed by atoms with E-state index in [1.165, 1.54) is 18.4 Å². The molecule has 0 spiro atoms. The van der Waals surface area contributed by atoms with Crippen LogP contribution in [0.3, 0.4) is 0 Å². The van der Waals surface area contributed by atoms with Crippen LogP contribution < -0.4 is 10.6 Å². The fourth-order valence-corrected chi connectivity index (χ4v) is 5.61. The molecule has 2 unspecified atom stereocenters. The summed E-state index contributed by atoms with van der Waals surface area (Å²) in [5, 5.41) is 1.44. The highest BCUT2D eigenvalue weighted by Crippen LogP contribution is 2.32. The number of Topliss-reactive ketones (excluding diaryl/α,β-unsaturated/α-hetero) is 1. The largest absolute Gasteiger partial charge is 0.469 e. The summed E-state index contributed by atoms with van der Waals surface area (Å²) in [5.41, 5.74) is 10.1. The number of para-hydroxylation sites is 1. The second-order valence-electron chi connectivity index (χ2n) is 8.56. The Bertz CT molecular complexity index is 1180. The zero-order chi connectivity index (χ0) is 24.2. The van der Waals surface area contributed by atoms with Gasteiger partial charge in [-0.25, -0.2) is 4.98 Å². The Balaban J connectivity index is 1.51. The van der Waals surface area contributed by atoms with Crippen molar-refractivity contribution in [3.63, 3.8) is 0 Å². The van der Waals surface area contributed by atoms with Gasteiger partial charge in [0, 0.05) is 29.4 Å². The number of hydrogen-bond acceptors (Lipinski definition) is 7. The SMILES string of the molecule is COC(=O)Cc1ccccc1N1CCCC(C(N)C(=O)c2sc(-c3ccc(Cl)cc3)nc2C)C1. The van der Waals surface area contributed by atoms with E-state index in [9.17, 15) is 9.59 Å². The summed E-state index contributed by atoms with van der Waals surface area (Å²) in [6.07, 6.45) is 2.02. The van der Waals surface area contributed by atoms with Gasteiger partial charge in [0.1, 0.15) is 5.01 Å². The van der Waals surface area contributed by atoms with Crippen molar-refractivity contribution >= 4 is 40.4 Å². The molecule has 0 bridgehead atoms. The van der Waals surface area contributed by atoms with Gasteiger partial charge in [0.25, 0.3) is 0 Å². The summed E-state index contributed by atoms with van der Waals surface area (Å²) < 4.78 is 4.85. The Hall–Kier alpha value is -2.74. The minimum atomic E-state index is -0.618. The Kier molecular flexibility index (Phi) is 7.66. The van der Waals surface area contributed by atoms with Crippen LogP contribution in [0.5, 0.6) is 0 Å². The van der Waals surface area contributed by atoms with Crippen LogP contribution in [-0.4, -0.2) is 43.0 Å². The number of benzene rings is 2. The van der Waals surface area contributed by atoms with E-state index in [1.807, 2.05) is 55.5 Å². The van der Waals surface area contributed by atoms with Crippen molar-refractivity contribution in [1.82, 2.24) is 4.98 Å². The van der Waals surface area contributed by atoms with Crippen molar-refractivity contribution < 1.29 is 14.3 Å². The number of aryl methyl sites for hydroxylation is 1. The van der Waals surface area contributed by atoms with Gasteiger partial charge in [-0.3, -0.25) is 9.59 Å². The number of esters is 1. The standard InChI is InChI=1S/C26H28ClN3O3S/c1-16-25(34-26(29-16)17-9-11-20(27)12-10-17)24(32)23(28)19-7-5-13-30(15-19)21-8-4-3-6-18(21)14-22(31)33-2/h3-4,6,8-12,19,23H,5,7,13-15,28H2,1-2H3. The van der Waals surface area contributed by atoms with E-state index in [0.29, 0.717) is 22.1 Å². The smallest absolute Gasteiger partial charge is 0.310 e. The van der Waals surface area contributed by atoms with Gasteiger partial charge in [-0.2, -0.15) is 0 Å². The van der Waals surface area contributed by atoms with Gasteiger partial charge in [-0.05, 0) is 49.4 Å². The molecule has 1 aliphatic heterocycles. The lowest BCUT2D eigenvalue weighted by molar-refractivity contribution is -0.139. The number of piperidine rings is 1. The van der Waals surface area contributed by atoms with Crippen LogP contribution in [-0.2, 0) is 16.0 Å². The third-order valence-corrected chi connectivity index (χ3v) is 7.75. The molecule has 8 heteroatoms. The predicted octanol–water partition coefficient (Wildman–Crippen LogP) is 4.91. The number of nitrogens with two attached hydrogens (primary N) is 1. The maximum atomic E-state index is 13.4. The van der Waals surface area contributed by atoms with Crippen LogP contribution in [0.1, 0.15) is 33.8 Å².